The van der Waals surface area contributed by atoms with E-state index in [0.29, 0.717) is 34.9 Å². The molecule has 0 radical (unpaired) electrons. The van der Waals surface area contributed by atoms with Crippen molar-refractivity contribution in [2.45, 2.75) is 25.9 Å². The largest absolute Gasteiger partial charge is 0.493 e. The third-order valence-electron chi connectivity index (χ3n) is 5.27. The van der Waals surface area contributed by atoms with Crippen LogP contribution in [0.1, 0.15) is 34.8 Å². The van der Waals surface area contributed by atoms with E-state index in [1.54, 1.807) is 43.4 Å². The first kappa shape index (κ1) is 22.1. The number of methoxy groups -OCH3 is 2. The van der Waals surface area contributed by atoms with Crippen molar-refractivity contribution in [2.75, 3.05) is 32.2 Å². The molecule has 0 saturated carbocycles. The molecule has 2 amide bonds. The average molecular weight is 422 g/mol. The van der Waals surface area contributed by atoms with E-state index in [2.05, 4.69) is 16.7 Å². The van der Waals surface area contributed by atoms with E-state index in [9.17, 15) is 14.9 Å². The number of benzene rings is 2. The van der Waals surface area contributed by atoms with E-state index in [4.69, 9.17) is 9.47 Å². The Morgan fingerprint density at radius 1 is 1.19 bits per heavy atom. The molecule has 8 nitrogen and oxygen atoms in total. The van der Waals surface area contributed by atoms with Crippen LogP contribution >= 0.6 is 0 Å². The molecule has 1 saturated heterocycles. The molecule has 2 aromatic rings. The van der Waals surface area contributed by atoms with Crippen molar-refractivity contribution in [3.63, 3.8) is 0 Å². The summed E-state index contributed by atoms with van der Waals surface area (Å²) in [5, 5.41) is 15.4. The Bertz CT molecular complexity index is 1010. The highest BCUT2D eigenvalue weighted by Crippen LogP contribution is 2.28. The quantitative estimate of drug-likeness (QED) is 0.709. The van der Waals surface area contributed by atoms with E-state index in [0.717, 1.165) is 18.5 Å². The van der Waals surface area contributed by atoms with Crippen LogP contribution in [-0.2, 0) is 11.3 Å². The zero-order valence-electron chi connectivity index (χ0n) is 17.9. The minimum absolute atomic E-state index is 0.0390. The third kappa shape index (κ3) is 4.95. The summed E-state index contributed by atoms with van der Waals surface area (Å²) in [6, 6.07) is 12.2. The Balaban J connectivity index is 1.87. The highest BCUT2D eigenvalue weighted by atomic mass is 16.5. The fraction of sp³-hybridized carbons (Fsp3) is 0.348. The molecule has 0 spiro atoms. The Morgan fingerprint density at radius 2 is 1.97 bits per heavy atom. The van der Waals surface area contributed by atoms with Crippen molar-refractivity contribution in [1.82, 2.24) is 10.6 Å². The lowest BCUT2D eigenvalue weighted by atomic mass is 10.0. The summed E-state index contributed by atoms with van der Waals surface area (Å²) in [6.45, 7) is 3.21. The van der Waals surface area contributed by atoms with Crippen molar-refractivity contribution in [3.8, 4) is 17.6 Å². The summed E-state index contributed by atoms with van der Waals surface area (Å²) in [7, 11) is 3.11. The molecule has 1 unspecified atom stereocenters. The first-order valence-electron chi connectivity index (χ1n) is 10.0. The monoisotopic (exact) mass is 422 g/mol. The van der Waals surface area contributed by atoms with Gasteiger partial charge < -0.3 is 25.0 Å². The van der Waals surface area contributed by atoms with Gasteiger partial charge in [0.1, 0.15) is 0 Å². The minimum Gasteiger partial charge on any atom is -0.493 e. The Morgan fingerprint density at radius 3 is 2.58 bits per heavy atom. The second-order valence-electron chi connectivity index (χ2n) is 7.25. The van der Waals surface area contributed by atoms with Crippen molar-refractivity contribution < 1.29 is 19.1 Å². The first-order valence-corrected chi connectivity index (χ1v) is 10.0. The van der Waals surface area contributed by atoms with Crippen molar-refractivity contribution in [3.05, 3.63) is 53.1 Å². The van der Waals surface area contributed by atoms with Gasteiger partial charge in [0, 0.05) is 20.0 Å². The van der Waals surface area contributed by atoms with Crippen molar-refractivity contribution in [1.29, 1.82) is 5.26 Å². The van der Waals surface area contributed by atoms with E-state index < -0.39 is 0 Å². The van der Waals surface area contributed by atoms with Gasteiger partial charge in [-0.25, -0.2) is 0 Å². The molecule has 1 atom stereocenters. The van der Waals surface area contributed by atoms with Crippen molar-refractivity contribution in [2.24, 2.45) is 0 Å². The predicted octanol–water partition coefficient (Wildman–Crippen LogP) is 2.22. The second-order valence-corrected chi connectivity index (χ2v) is 7.25. The molecule has 0 aromatic heterocycles. The van der Waals surface area contributed by atoms with Gasteiger partial charge in [-0.05, 0) is 48.9 Å². The molecule has 0 aliphatic carbocycles. The van der Waals surface area contributed by atoms with Crippen molar-refractivity contribution >= 4 is 17.5 Å². The van der Waals surface area contributed by atoms with Gasteiger partial charge in [0.25, 0.3) is 5.91 Å². The van der Waals surface area contributed by atoms with Gasteiger partial charge in [-0.3, -0.25) is 9.59 Å². The van der Waals surface area contributed by atoms with Crippen LogP contribution in [-0.4, -0.2) is 45.2 Å². The van der Waals surface area contributed by atoms with Gasteiger partial charge in [-0.15, -0.1) is 0 Å². The highest BCUT2D eigenvalue weighted by Gasteiger charge is 2.29. The van der Waals surface area contributed by atoms with Crippen LogP contribution < -0.4 is 25.0 Å². The molecule has 1 aliphatic rings. The maximum Gasteiger partial charge on any atom is 0.253 e. The van der Waals surface area contributed by atoms with Gasteiger partial charge >= 0.3 is 0 Å². The van der Waals surface area contributed by atoms with Crippen LogP contribution in [0, 0.1) is 11.3 Å². The van der Waals surface area contributed by atoms with Crippen LogP contribution in [0.25, 0.3) is 0 Å². The summed E-state index contributed by atoms with van der Waals surface area (Å²) in [6.07, 6.45) is 0.798. The third-order valence-corrected chi connectivity index (χ3v) is 5.27. The van der Waals surface area contributed by atoms with Gasteiger partial charge in [0.05, 0.1) is 43.1 Å². The van der Waals surface area contributed by atoms with Gasteiger partial charge in [-0.2, -0.15) is 5.26 Å². The molecule has 8 heteroatoms. The summed E-state index contributed by atoms with van der Waals surface area (Å²) < 4.78 is 10.5. The topological polar surface area (TPSA) is 104 Å². The molecule has 1 aliphatic heterocycles. The number of rotatable bonds is 7. The van der Waals surface area contributed by atoms with Crippen LogP contribution in [0.3, 0.4) is 0 Å². The fourth-order valence-corrected chi connectivity index (χ4v) is 3.75. The van der Waals surface area contributed by atoms with Crippen LogP contribution in [0.4, 0.5) is 5.69 Å². The minimum atomic E-state index is -0.362. The lowest BCUT2D eigenvalue weighted by molar-refractivity contribution is -0.117. The maximum atomic E-state index is 13.1. The molecule has 2 aromatic carbocycles. The number of hydrogen-bond donors (Lipinski definition) is 2. The van der Waals surface area contributed by atoms with Gasteiger partial charge in [-0.1, -0.05) is 6.07 Å². The molecule has 162 valence electrons. The van der Waals surface area contributed by atoms with E-state index in [-0.39, 0.29) is 24.4 Å². The molecular formula is C23H26N4O4. The van der Waals surface area contributed by atoms with Crippen LogP contribution in [0.5, 0.6) is 11.5 Å². The number of nitrogens with zero attached hydrogens (tertiary/aromatic N) is 2. The summed E-state index contributed by atoms with van der Waals surface area (Å²) in [5.41, 5.74) is 1.98. The summed E-state index contributed by atoms with van der Waals surface area (Å²) in [4.78, 5) is 27.2. The summed E-state index contributed by atoms with van der Waals surface area (Å²) >= 11 is 0. The number of carbonyl (C=O) groups excluding carboxylic acids is 2. The van der Waals surface area contributed by atoms with E-state index in [1.165, 1.54) is 13.0 Å². The first-order chi connectivity index (χ1) is 15.0. The Labute approximate surface area is 181 Å². The molecule has 1 heterocycles. The molecule has 3 rings (SSSR count). The number of carbonyl (C=O) groups is 2. The predicted molar refractivity (Wildman–Crippen MR) is 116 cm³/mol. The Kier molecular flexibility index (Phi) is 7.11. The number of nitrogens with one attached hydrogen (secondary N) is 2. The number of amides is 2. The second kappa shape index (κ2) is 9.96. The molecular weight excluding hydrogens is 396 g/mol. The van der Waals surface area contributed by atoms with Crippen LogP contribution in [0.15, 0.2) is 36.4 Å². The molecule has 1 fully saturated rings. The smallest absolute Gasteiger partial charge is 0.253 e. The molecule has 31 heavy (non-hydrogen) atoms. The standard InChI is InChI=1S/C23H26N4O4/c1-15(28)27(18-8-9-25-14-18)20-6-4-16(12-24)10-19(20)23(29)26-13-17-5-7-21(30-2)22(11-17)31-3/h4-7,10-11,18,25H,8-9,13-14H2,1-3H3,(H,26,29). The molecule has 0 bridgehead atoms. The van der Waals surface area contributed by atoms with Gasteiger partial charge in [0.2, 0.25) is 5.91 Å². The fourth-order valence-electron chi connectivity index (χ4n) is 3.75. The maximum absolute atomic E-state index is 13.1. The highest BCUT2D eigenvalue weighted by molar-refractivity contribution is 6.05. The Hall–Kier alpha value is -3.57. The van der Waals surface area contributed by atoms with E-state index in [1.807, 2.05) is 6.07 Å². The SMILES string of the molecule is COc1ccc(CNC(=O)c2cc(C#N)ccc2N(C(C)=O)C2CCNC2)cc1OC. The van der Waals surface area contributed by atoms with E-state index >= 15 is 0 Å². The van der Waals surface area contributed by atoms with Crippen LogP contribution in [0.2, 0.25) is 0 Å². The lowest BCUT2D eigenvalue weighted by Gasteiger charge is -2.29. The zero-order chi connectivity index (χ0) is 22.4. The average Bonchev–Trinajstić information content (AvgIpc) is 3.31. The number of ether oxygens (including phenoxy) is 2. The zero-order valence-corrected chi connectivity index (χ0v) is 17.9. The molecule has 2 N–H and O–H groups in total. The lowest BCUT2D eigenvalue weighted by Crippen LogP contribution is -2.41. The number of anilines is 1. The number of hydrogen-bond acceptors (Lipinski definition) is 6. The normalized spacial score (nSPS) is 15.1. The number of nitriles is 1. The van der Waals surface area contributed by atoms with Gasteiger partial charge in [0.15, 0.2) is 11.5 Å². The summed E-state index contributed by atoms with van der Waals surface area (Å²) in [5.74, 6) is 0.660.